The van der Waals surface area contributed by atoms with Gasteiger partial charge in [0.1, 0.15) is 11.6 Å². The van der Waals surface area contributed by atoms with Gasteiger partial charge in [-0.3, -0.25) is 4.98 Å². The van der Waals surface area contributed by atoms with Gasteiger partial charge in [0.25, 0.3) is 0 Å². The predicted molar refractivity (Wildman–Crippen MR) is 66.1 cm³/mol. The summed E-state index contributed by atoms with van der Waals surface area (Å²) < 4.78 is 0. The summed E-state index contributed by atoms with van der Waals surface area (Å²) >= 11 is 0. The van der Waals surface area contributed by atoms with Gasteiger partial charge in [-0.05, 0) is 18.8 Å². The Balaban J connectivity index is 2.02. The molecule has 0 amide bonds. The van der Waals surface area contributed by atoms with Crippen molar-refractivity contribution in [2.45, 2.75) is 45.1 Å². The Hall–Kier alpha value is -1.32. The van der Waals surface area contributed by atoms with Gasteiger partial charge >= 0.3 is 0 Å². The smallest absolute Gasteiger partial charge is 0.147 e. The van der Waals surface area contributed by atoms with E-state index in [9.17, 15) is 0 Å². The summed E-state index contributed by atoms with van der Waals surface area (Å²) in [5.74, 6) is 2.05. The Morgan fingerprint density at radius 1 is 1.38 bits per heavy atom. The maximum Gasteiger partial charge on any atom is 0.147 e. The van der Waals surface area contributed by atoms with Gasteiger partial charge < -0.3 is 11.1 Å². The summed E-state index contributed by atoms with van der Waals surface area (Å²) in [7, 11) is 0. The maximum atomic E-state index is 5.62. The van der Waals surface area contributed by atoms with E-state index in [1.54, 1.807) is 12.4 Å². The average Bonchev–Trinajstić information content (AvgIpc) is 2.30. The molecule has 0 aliphatic heterocycles. The van der Waals surface area contributed by atoms with Crippen molar-refractivity contribution in [3.05, 3.63) is 12.4 Å². The van der Waals surface area contributed by atoms with Gasteiger partial charge in [0.15, 0.2) is 0 Å². The van der Waals surface area contributed by atoms with Crippen molar-refractivity contribution >= 4 is 11.6 Å². The lowest BCUT2D eigenvalue weighted by Crippen LogP contribution is -2.32. The van der Waals surface area contributed by atoms with Gasteiger partial charge in [-0.2, -0.15) is 0 Å². The summed E-state index contributed by atoms with van der Waals surface area (Å²) in [6.45, 7) is 2.26. The van der Waals surface area contributed by atoms with Crippen LogP contribution in [0.5, 0.6) is 0 Å². The van der Waals surface area contributed by atoms with Gasteiger partial charge in [-0.1, -0.05) is 26.2 Å². The van der Waals surface area contributed by atoms with Crippen LogP contribution >= 0.6 is 0 Å². The summed E-state index contributed by atoms with van der Waals surface area (Å²) in [5.41, 5.74) is 5.62. The molecule has 0 radical (unpaired) electrons. The second kappa shape index (κ2) is 5.14. The summed E-state index contributed by atoms with van der Waals surface area (Å²) in [6.07, 6.45) is 9.77. The number of nitrogen functional groups attached to an aromatic ring is 1. The van der Waals surface area contributed by atoms with Crippen LogP contribution in [0.1, 0.15) is 39.0 Å². The van der Waals surface area contributed by atoms with Gasteiger partial charge in [0, 0.05) is 6.04 Å². The van der Waals surface area contributed by atoms with E-state index in [0.29, 0.717) is 11.9 Å². The second-order valence-electron chi connectivity index (χ2n) is 4.53. The Morgan fingerprint density at radius 3 is 2.94 bits per heavy atom. The molecule has 0 aromatic carbocycles. The van der Waals surface area contributed by atoms with Crippen molar-refractivity contribution in [1.82, 2.24) is 9.97 Å². The van der Waals surface area contributed by atoms with Crippen molar-refractivity contribution in [2.24, 2.45) is 5.92 Å². The molecule has 88 valence electrons. The van der Waals surface area contributed by atoms with Crippen LogP contribution in [-0.2, 0) is 0 Å². The molecular formula is C12H20N4. The summed E-state index contributed by atoms with van der Waals surface area (Å²) in [5, 5.41) is 3.47. The van der Waals surface area contributed by atoms with Crippen molar-refractivity contribution in [2.75, 3.05) is 11.1 Å². The predicted octanol–water partition coefficient (Wildman–Crippen LogP) is 2.44. The first-order valence-corrected chi connectivity index (χ1v) is 6.13. The van der Waals surface area contributed by atoms with E-state index >= 15 is 0 Å². The fraction of sp³-hybridized carbons (Fsp3) is 0.667. The highest BCUT2D eigenvalue weighted by Crippen LogP contribution is 2.28. The Morgan fingerprint density at radius 2 is 2.19 bits per heavy atom. The largest absolute Gasteiger partial charge is 0.382 e. The molecule has 0 spiro atoms. The minimum absolute atomic E-state index is 0.480. The SMILES string of the molecule is CCC1CCCCC1Nc1cncc(N)n1. The molecule has 16 heavy (non-hydrogen) atoms. The van der Waals surface area contributed by atoms with Crippen LogP contribution in [-0.4, -0.2) is 16.0 Å². The topological polar surface area (TPSA) is 63.8 Å². The minimum atomic E-state index is 0.480. The number of hydrogen-bond acceptors (Lipinski definition) is 4. The zero-order valence-electron chi connectivity index (χ0n) is 9.82. The Labute approximate surface area is 96.7 Å². The van der Waals surface area contributed by atoms with Crippen molar-refractivity contribution in [3.63, 3.8) is 0 Å². The van der Waals surface area contributed by atoms with E-state index in [1.165, 1.54) is 32.1 Å². The molecule has 0 bridgehead atoms. The third kappa shape index (κ3) is 2.62. The zero-order valence-corrected chi connectivity index (χ0v) is 9.82. The zero-order chi connectivity index (χ0) is 11.4. The minimum Gasteiger partial charge on any atom is -0.382 e. The maximum absolute atomic E-state index is 5.62. The number of nitrogens with two attached hydrogens (primary N) is 1. The van der Waals surface area contributed by atoms with Crippen LogP contribution < -0.4 is 11.1 Å². The lowest BCUT2D eigenvalue weighted by Gasteiger charge is -2.31. The Kier molecular flexibility index (Phi) is 3.59. The molecule has 1 heterocycles. The first-order valence-electron chi connectivity index (χ1n) is 6.13. The molecule has 3 N–H and O–H groups in total. The van der Waals surface area contributed by atoms with E-state index in [-0.39, 0.29) is 0 Å². The molecule has 1 fully saturated rings. The first-order chi connectivity index (χ1) is 7.79. The molecule has 2 unspecified atom stereocenters. The average molecular weight is 220 g/mol. The van der Waals surface area contributed by atoms with E-state index in [4.69, 9.17) is 5.73 Å². The number of anilines is 2. The molecular weight excluding hydrogens is 200 g/mol. The second-order valence-corrected chi connectivity index (χ2v) is 4.53. The standard InChI is InChI=1S/C12H20N4/c1-2-9-5-3-4-6-10(9)15-12-8-14-7-11(13)16-12/h7-10H,2-6H2,1H3,(H3,13,15,16). The van der Waals surface area contributed by atoms with Crippen LogP contribution in [0, 0.1) is 5.92 Å². The van der Waals surface area contributed by atoms with Crippen molar-refractivity contribution < 1.29 is 0 Å². The third-order valence-electron chi connectivity index (χ3n) is 3.42. The van der Waals surface area contributed by atoms with E-state index < -0.39 is 0 Å². The highest BCUT2D eigenvalue weighted by Gasteiger charge is 2.23. The summed E-state index contributed by atoms with van der Waals surface area (Å²) in [4.78, 5) is 8.29. The fourth-order valence-corrected chi connectivity index (χ4v) is 2.53. The highest BCUT2D eigenvalue weighted by atomic mass is 15.1. The van der Waals surface area contributed by atoms with Crippen LogP contribution in [0.25, 0.3) is 0 Å². The van der Waals surface area contributed by atoms with Crippen LogP contribution in [0.2, 0.25) is 0 Å². The van der Waals surface area contributed by atoms with Crippen molar-refractivity contribution in [3.8, 4) is 0 Å². The van der Waals surface area contributed by atoms with E-state index in [2.05, 4.69) is 22.2 Å². The molecule has 1 aliphatic rings. The molecule has 1 aromatic heterocycles. The monoisotopic (exact) mass is 220 g/mol. The molecule has 1 aromatic rings. The molecule has 2 atom stereocenters. The fourth-order valence-electron chi connectivity index (χ4n) is 2.53. The normalized spacial score (nSPS) is 25.3. The Bertz CT molecular complexity index is 340. The highest BCUT2D eigenvalue weighted by molar-refractivity contribution is 5.39. The van der Waals surface area contributed by atoms with Gasteiger partial charge in [0.2, 0.25) is 0 Å². The van der Waals surface area contributed by atoms with Crippen molar-refractivity contribution in [1.29, 1.82) is 0 Å². The van der Waals surface area contributed by atoms with E-state index in [0.717, 1.165) is 11.7 Å². The molecule has 4 nitrogen and oxygen atoms in total. The van der Waals surface area contributed by atoms with Crippen LogP contribution in [0.4, 0.5) is 11.6 Å². The van der Waals surface area contributed by atoms with Gasteiger partial charge in [0.05, 0.1) is 12.4 Å². The lowest BCUT2D eigenvalue weighted by atomic mass is 9.83. The van der Waals surface area contributed by atoms with Gasteiger partial charge in [-0.15, -0.1) is 0 Å². The lowest BCUT2D eigenvalue weighted by molar-refractivity contribution is 0.317. The molecule has 4 heteroatoms. The molecule has 2 rings (SSSR count). The van der Waals surface area contributed by atoms with Gasteiger partial charge in [-0.25, -0.2) is 4.98 Å². The van der Waals surface area contributed by atoms with Crippen LogP contribution in [0.15, 0.2) is 12.4 Å². The molecule has 0 saturated heterocycles. The first kappa shape index (κ1) is 11.2. The van der Waals surface area contributed by atoms with E-state index in [1.807, 2.05) is 0 Å². The van der Waals surface area contributed by atoms with Crippen LogP contribution in [0.3, 0.4) is 0 Å². The third-order valence-corrected chi connectivity index (χ3v) is 3.42. The molecule has 1 saturated carbocycles. The summed E-state index contributed by atoms with van der Waals surface area (Å²) in [6, 6.07) is 0.537. The molecule has 1 aliphatic carbocycles. The number of aromatic nitrogens is 2. The number of nitrogens with zero attached hydrogens (tertiary/aromatic N) is 2. The number of rotatable bonds is 3. The number of hydrogen-bond donors (Lipinski definition) is 2. The quantitative estimate of drug-likeness (QED) is 0.821. The number of nitrogens with one attached hydrogen (secondary N) is 1.